The van der Waals surface area contributed by atoms with Crippen molar-refractivity contribution < 1.29 is 0 Å². The van der Waals surface area contributed by atoms with Gasteiger partial charge < -0.3 is 0 Å². The minimum atomic E-state index is 0.712. The van der Waals surface area contributed by atoms with Crippen LogP contribution in [0, 0.1) is 11.3 Å². The van der Waals surface area contributed by atoms with Crippen LogP contribution in [0.1, 0.15) is 19.8 Å². The summed E-state index contributed by atoms with van der Waals surface area (Å²) in [5.74, 6) is 0. The summed E-state index contributed by atoms with van der Waals surface area (Å²) >= 11 is 0. The molecule has 1 aliphatic heterocycles. The molecule has 1 saturated heterocycles. The Kier molecular flexibility index (Phi) is 2.07. The van der Waals surface area contributed by atoms with Crippen molar-refractivity contribution in [3.8, 4) is 6.07 Å². The van der Waals surface area contributed by atoms with Crippen LogP contribution in [0.25, 0.3) is 0 Å². The molecule has 1 rings (SSSR count). The minimum absolute atomic E-state index is 0.712. The van der Waals surface area contributed by atoms with E-state index in [-0.39, 0.29) is 0 Å². The number of nitriles is 1. The summed E-state index contributed by atoms with van der Waals surface area (Å²) in [6.07, 6.45) is 1.75. The van der Waals surface area contributed by atoms with Crippen LogP contribution in [0.4, 0.5) is 0 Å². The number of hydrogen-bond acceptors (Lipinski definition) is 2. The van der Waals surface area contributed by atoms with Crippen molar-refractivity contribution in [1.82, 2.24) is 4.90 Å². The maximum absolute atomic E-state index is 8.20. The molecule has 2 heteroatoms. The molecule has 2 unspecified atom stereocenters. The Bertz CT molecular complexity index is 125. The summed E-state index contributed by atoms with van der Waals surface area (Å²) in [6, 6.07) is 2.93. The highest BCUT2D eigenvalue weighted by molar-refractivity contribution is 4.85. The molecule has 0 aliphatic carbocycles. The molecule has 1 heterocycles. The van der Waals surface area contributed by atoms with Crippen molar-refractivity contribution in [1.29, 1.82) is 5.26 Å². The predicted octanol–water partition coefficient (Wildman–Crippen LogP) is 0.994. The normalized spacial score (nSPS) is 31.6. The van der Waals surface area contributed by atoms with Crippen LogP contribution in [0.5, 0.6) is 0 Å². The van der Waals surface area contributed by atoms with Crippen LogP contribution in [-0.4, -0.2) is 24.0 Å². The molecule has 2 nitrogen and oxygen atoms in total. The first kappa shape index (κ1) is 6.57. The fourth-order valence-corrected chi connectivity index (χ4v) is 0.965. The fraction of sp³-hybridized carbons (Fsp3) is 0.857. The molecule has 0 bridgehead atoms. The van der Waals surface area contributed by atoms with Gasteiger partial charge in [-0.25, -0.2) is 0 Å². The molecule has 50 valence electrons. The molecule has 2 atom stereocenters. The van der Waals surface area contributed by atoms with E-state index in [0.29, 0.717) is 6.42 Å². The van der Waals surface area contributed by atoms with Gasteiger partial charge in [-0.15, -0.1) is 0 Å². The van der Waals surface area contributed by atoms with E-state index in [1.54, 1.807) is 0 Å². The van der Waals surface area contributed by atoms with Crippen LogP contribution in [0.15, 0.2) is 0 Å². The second kappa shape index (κ2) is 2.84. The van der Waals surface area contributed by atoms with E-state index in [1.165, 1.54) is 6.54 Å². The van der Waals surface area contributed by atoms with E-state index in [2.05, 4.69) is 17.9 Å². The Morgan fingerprint density at radius 2 is 2.44 bits per heavy atom. The Morgan fingerprint density at radius 1 is 1.78 bits per heavy atom. The minimum Gasteiger partial charge on any atom is -0.298 e. The van der Waals surface area contributed by atoms with Gasteiger partial charge in [0.1, 0.15) is 0 Å². The third-order valence-electron chi connectivity index (χ3n) is 1.72. The molecule has 0 saturated carbocycles. The van der Waals surface area contributed by atoms with Crippen LogP contribution in [0.2, 0.25) is 0 Å². The lowest BCUT2D eigenvalue weighted by Gasteiger charge is -1.95. The standard InChI is InChI=1S/C7H12N2/c1-7-6-9(7)5-3-2-4-8/h7H,2-3,5-6H2,1H3. The molecule has 1 fully saturated rings. The van der Waals surface area contributed by atoms with Gasteiger partial charge in [-0.3, -0.25) is 4.90 Å². The second-order valence-corrected chi connectivity index (χ2v) is 2.61. The van der Waals surface area contributed by atoms with Gasteiger partial charge in [0.2, 0.25) is 0 Å². The van der Waals surface area contributed by atoms with Gasteiger partial charge in [-0.1, -0.05) is 0 Å². The zero-order chi connectivity index (χ0) is 6.69. The van der Waals surface area contributed by atoms with Crippen molar-refractivity contribution in [2.24, 2.45) is 0 Å². The van der Waals surface area contributed by atoms with Gasteiger partial charge in [0.05, 0.1) is 6.07 Å². The van der Waals surface area contributed by atoms with Crippen molar-refractivity contribution in [3.05, 3.63) is 0 Å². The molecular formula is C7H12N2. The Balaban J connectivity index is 1.90. The lowest BCUT2D eigenvalue weighted by molar-refractivity contribution is 0.504. The van der Waals surface area contributed by atoms with Crippen molar-refractivity contribution in [2.75, 3.05) is 13.1 Å². The first-order valence-corrected chi connectivity index (χ1v) is 3.45. The number of nitrogens with zero attached hydrogens (tertiary/aromatic N) is 2. The summed E-state index contributed by atoms with van der Waals surface area (Å²) in [6.45, 7) is 4.58. The van der Waals surface area contributed by atoms with E-state index in [1.807, 2.05) is 0 Å². The van der Waals surface area contributed by atoms with Crippen molar-refractivity contribution in [2.45, 2.75) is 25.8 Å². The maximum atomic E-state index is 8.20. The largest absolute Gasteiger partial charge is 0.298 e. The molecule has 0 N–H and O–H groups in total. The third-order valence-corrected chi connectivity index (χ3v) is 1.72. The van der Waals surface area contributed by atoms with Gasteiger partial charge >= 0.3 is 0 Å². The molecule has 0 aromatic rings. The second-order valence-electron chi connectivity index (χ2n) is 2.61. The van der Waals surface area contributed by atoms with Gasteiger partial charge in [-0.05, 0) is 19.9 Å². The summed E-state index contributed by atoms with van der Waals surface area (Å²) in [5.41, 5.74) is 0. The number of rotatable bonds is 3. The Hall–Kier alpha value is -0.550. The van der Waals surface area contributed by atoms with Crippen molar-refractivity contribution >= 4 is 0 Å². The quantitative estimate of drug-likeness (QED) is 0.414. The molecule has 0 spiro atoms. The van der Waals surface area contributed by atoms with Gasteiger partial charge in [0.15, 0.2) is 0 Å². The van der Waals surface area contributed by atoms with E-state index in [4.69, 9.17) is 5.26 Å². The SMILES string of the molecule is CC1CN1CCCC#N. The third kappa shape index (κ3) is 2.03. The highest BCUT2D eigenvalue weighted by Gasteiger charge is 2.27. The van der Waals surface area contributed by atoms with Gasteiger partial charge in [-0.2, -0.15) is 5.26 Å². The summed E-state index contributed by atoms with van der Waals surface area (Å²) < 4.78 is 0. The molecule has 0 aromatic carbocycles. The maximum Gasteiger partial charge on any atom is 0.0622 e. The first-order valence-electron chi connectivity index (χ1n) is 3.45. The highest BCUT2D eigenvalue weighted by atomic mass is 15.3. The lowest BCUT2D eigenvalue weighted by Crippen LogP contribution is -2.00. The topological polar surface area (TPSA) is 26.8 Å². The Labute approximate surface area is 56.1 Å². The van der Waals surface area contributed by atoms with E-state index in [0.717, 1.165) is 19.0 Å². The number of unbranched alkanes of at least 4 members (excludes halogenated alkanes) is 1. The average molecular weight is 124 g/mol. The van der Waals surface area contributed by atoms with Gasteiger partial charge in [0.25, 0.3) is 0 Å². The zero-order valence-corrected chi connectivity index (χ0v) is 5.80. The van der Waals surface area contributed by atoms with Gasteiger partial charge in [0, 0.05) is 19.0 Å². The highest BCUT2D eigenvalue weighted by Crippen LogP contribution is 2.15. The monoisotopic (exact) mass is 124 g/mol. The zero-order valence-electron chi connectivity index (χ0n) is 5.80. The first-order chi connectivity index (χ1) is 4.34. The molecule has 0 radical (unpaired) electrons. The van der Waals surface area contributed by atoms with E-state index < -0.39 is 0 Å². The molecule has 9 heavy (non-hydrogen) atoms. The summed E-state index contributed by atoms with van der Waals surface area (Å²) in [7, 11) is 0. The molecule has 0 amide bonds. The van der Waals surface area contributed by atoms with Crippen LogP contribution >= 0.6 is 0 Å². The number of hydrogen-bond donors (Lipinski definition) is 0. The molecule has 1 aliphatic rings. The molecule has 0 aromatic heterocycles. The van der Waals surface area contributed by atoms with E-state index >= 15 is 0 Å². The fourth-order valence-electron chi connectivity index (χ4n) is 0.965. The van der Waals surface area contributed by atoms with E-state index in [9.17, 15) is 0 Å². The summed E-state index contributed by atoms with van der Waals surface area (Å²) in [4.78, 5) is 2.37. The van der Waals surface area contributed by atoms with Crippen LogP contribution in [-0.2, 0) is 0 Å². The average Bonchev–Trinajstić information content (AvgIpc) is 2.48. The predicted molar refractivity (Wildman–Crippen MR) is 35.9 cm³/mol. The van der Waals surface area contributed by atoms with Crippen LogP contribution in [0.3, 0.4) is 0 Å². The summed E-state index contributed by atoms with van der Waals surface area (Å²) in [5, 5.41) is 8.20. The lowest BCUT2D eigenvalue weighted by atomic mass is 10.3. The van der Waals surface area contributed by atoms with Crippen molar-refractivity contribution in [3.63, 3.8) is 0 Å². The molecular weight excluding hydrogens is 112 g/mol. The Morgan fingerprint density at radius 3 is 2.89 bits per heavy atom. The van der Waals surface area contributed by atoms with Crippen LogP contribution < -0.4 is 0 Å². The smallest absolute Gasteiger partial charge is 0.0622 e.